The van der Waals surface area contributed by atoms with Gasteiger partial charge in [0.1, 0.15) is 5.82 Å². The van der Waals surface area contributed by atoms with E-state index in [1.807, 2.05) is 0 Å². The van der Waals surface area contributed by atoms with Crippen LogP contribution in [0.15, 0.2) is 46.9 Å². The van der Waals surface area contributed by atoms with Crippen LogP contribution < -0.4 is 5.32 Å². The molecule has 2 aromatic carbocycles. The minimum Gasteiger partial charge on any atom is -0.377 e. The molecule has 3 rings (SSSR count). The number of hydrogen-bond acceptors (Lipinski definition) is 1. The lowest BCUT2D eigenvalue weighted by molar-refractivity contribution is 0.265. The van der Waals surface area contributed by atoms with Crippen molar-refractivity contribution in [3.63, 3.8) is 0 Å². The highest BCUT2D eigenvalue weighted by molar-refractivity contribution is 9.10. The summed E-state index contributed by atoms with van der Waals surface area (Å²) in [6.07, 6.45) is 2.26. The molecule has 3 heteroatoms. The second-order valence-electron chi connectivity index (χ2n) is 6.39. The van der Waals surface area contributed by atoms with Crippen LogP contribution in [0.2, 0.25) is 0 Å². The number of rotatable bonds is 2. The molecule has 0 bridgehead atoms. The van der Waals surface area contributed by atoms with Gasteiger partial charge in [-0.15, -0.1) is 0 Å². The predicted molar refractivity (Wildman–Crippen MR) is 89.0 cm³/mol. The van der Waals surface area contributed by atoms with Gasteiger partial charge in [-0.05, 0) is 63.5 Å². The lowest BCUT2D eigenvalue weighted by Gasteiger charge is -2.41. The number of fused-ring (bicyclic) bond motifs is 1. The largest absolute Gasteiger partial charge is 0.377 e. The van der Waals surface area contributed by atoms with Gasteiger partial charge in [0.05, 0.1) is 6.04 Å². The van der Waals surface area contributed by atoms with Crippen molar-refractivity contribution < 1.29 is 4.39 Å². The van der Waals surface area contributed by atoms with Crippen molar-refractivity contribution in [2.75, 3.05) is 5.32 Å². The van der Waals surface area contributed by atoms with Crippen molar-refractivity contribution in [1.82, 2.24) is 0 Å². The van der Waals surface area contributed by atoms with E-state index in [1.54, 1.807) is 6.07 Å². The summed E-state index contributed by atoms with van der Waals surface area (Å²) in [6.45, 7) is 4.58. The molecule has 0 spiro atoms. The van der Waals surface area contributed by atoms with Crippen molar-refractivity contribution in [2.45, 2.75) is 32.7 Å². The van der Waals surface area contributed by atoms with E-state index in [4.69, 9.17) is 0 Å². The third-order valence-electron chi connectivity index (χ3n) is 4.42. The number of anilines is 1. The van der Waals surface area contributed by atoms with Gasteiger partial charge < -0.3 is 5.32 Å². The van der Waals surface area contributed by atoms with Crippen molar-refractivity contribution in [2.24, 2.45) is 5.41 Å². The fourth-order valence-corrected chi connectivity index (χ4v) is 3.57. The smallest absolute Gasteiger partial charge is 0.124 e. The summed E-state index contributed by atoms with van der Waals surface area (Å²) in [5, 5.41) is 3.61. The minimum atomic E-state index is -0.226. The lowest BCUT2D eigenvalue weighted by Crippen LogP contribution is -2.33. The van der Waals surface area contributed by atoms with Gasteiger partial charge in [-0.2, -0.15) is 0 Å². The highest BCUT2D eigenvalue weighted by Gasteiger charge is 2.35. The van der Waals surface area contributed by atoms with Gasteiger partial charge >= 0.3 is 0 Å². The van der Waals surface area contributed by atoms with E-state index < -0.39 is 0 Å². The Kier molecular flexibility index (Phi) is 3.78. The first kappa shape index (κ1) is 14.6. The average Bonchev–Trinajstić information content (AvgIpc) is 2.44. The molecule has 0 saturated carbocycles. The SMILES string of the molecule is CC1(C)CCc2ccccc2C1Nc1ccc(F)cc1Br. The van der Waals surface area contributed by atoms with Crippen LogP contribution in [0.5, 0.6) is 0 Å². The maximum absolute atomic E-state index is 13.3. The Morgan fingerprint density at radius 3 is 2.71 bits per heavy atom. The normalized spacial score (nSPS) is 19.9. The molecule has 110 valence electrons. The fourth-order valence-electron chi connectivity index (χ4n) is 3.10. The Morgan fingerprint density at radius 2 is 1.95 bits per heavy atom. The van der Waals surface area contributed by atoms with Gasteiger partial charge in [-0.3, -0.25) is 0 Å². The third kappa shape index (κ3) is 2.84. The number of halogens is 2. The molecule has 1 aliphatic carbocycles. The molecule has 1 N–H and O–H groups in total. The van der Waals surface area contributed by atoms with Crippen LogP contribution in [0.25, 0.3) is 0 Å². The van der Waals surface area contributed by atoms with E-state index in [2.05, 4.69) is 59.4 Å². The van der Waals surface area contributed by atoms with Crippen LogP contribution in [0.1, 0.15) is 37.4 Å². The topological polar surface area (TPSA) is 12.0 Å². The van der Waals surface area contributed by atoms with E-state index in [0.29, 0.717) is 0 Å². The summed E-state index contributed by atoms with van der Waals surface area (Å²) in [5.74, 6) is -0.226. The first-order chi connectivity index (χ1) is 9.97. The summed E-state index contributed by atoms with van der Waals surface area (Å²) in [4.78, 5) is 0. The maximum Gasteiger partial charge on any atom is 0.124 e. The molecular weight excluding hydrogens is 329 g/mol. The monoisotopic (exact) mass is 347 g/mol. The summed E-state index contributed by atoms with van der Waals surface area (Å²) in [6, 6.07) is 13.6. The zero-order valence-corrected chi connectivity index (χ0v) is 13.9. The van der Waals surface area contributed by atoms with E-state index in [0.717, 1.165) is 23.0 Å². The predicted octanol–water partition coefficient (Wildman–Crippen LogP) is 5.71. The molecule has 2 aromatic rings. The first-order valence-electron chi connectivity index (χ1n) is 7.27. The number of aryl methyl sites for hydroxylation is 1. The van der Waals surface area contributed by atoms with E-state index in [-0.39, 0.29) is 17.3 Å². The Morgan fingerprint density at radius 1 is 1.19 bits per heavy atom. The molecule has 0 aromatic heterocycles. The molecule has 0 aliphatic heterocycles. The second-order valence-corrected chi connectivity index (χ2v) is 7.24. The zero-order valence-electron chi connectivity index (χ0n) is 12.3. The lowest BCUT2D eigenvalue weighted by atomic mass is 9.70. The van der Waals surface area contributed by atoms with Crippen LogP contribution >= 0.6 is 15.9 Å². The molecule has 1 atom stereocenters. The van der Waals surface area contributed by atoms with Crippen molar-refractivity contribution in [1.29, 1.82) is 0 Å². The molecule has 0 saturated heterocycles. The van der Waals surface area contributed by atoms with Crippen molar-refractivity contribution in [3.05, 3.63) is 63.9 Å². The molecule has 0 radical (unpaired) electrons. The van der Waals surface area contributed by atoms with Gasteiger partial charge in [0.15, 0.2) is 0 Å². The van der Waals surface area contributed by atoms with Crippen molar-refractivity contribution in [3.8, 4) is 0 Å². The zero-order chi connectivity index (χ0) is 15.0. The van der Waals surface area contributed by atoms with E-state index in [1.165, 1.54) is 23.3 Å². The van der Waals surface area contributed by atoms with Gasteiger partial charge in [0.2, 0.25) is 0 Å². The van der Waals surface area contributed by atoms with Crippen LogP contribution in [-0.2, 0) is 6.42 Å². The molecule has 1 unspecified atom stereocenters. The van der Waals surface area contributed by atoms with Crippen LogP contribution in [0.4, 0.5) is 10.1 Å². The van der Waals surface area contributed by atoms with Crippen molar-refractivity contribution >= 4 is 21.6 Å². The highest BCUT2D eigenvalue weighted by Crippen LogP contribution is 2.45. The highest BCUT2D eigenvalue weighted by atomic mass is 79.9. The molecule has 0 heterocycles. The Bertz CT molecular complexity index is 666. The van der Waals surface area contributed by atoms with Gasteiger partial charge in [0.25, 0.3) is 0 Å². The average molecular weight is 348 g/mol. The standard InChI is InChI=1S/C18H19BrFN/c1-18(2)10-9-12-5-3-4-6-14(12)17(18)21-16-8-7-13(20)11-15(16)19/h3-8,11,17,21H,9-10H2,1-2H3. The van der Waals surface area contributed by atoms with Gasteiger partial charge in [-0.25, -0.2) is 4.39 Å². The summed E-state index contributed by atoms with van der Waals surface area (Å²) in [5.41, 5.74) is 3.85. The van der Waals surface area contributed by atoms with Gasteiger partial charge in [-0.1, -0.05) is 38.1 Å². The molecule has 1 nitrogen and oxygen atoms in total. The van der Waals surface area contributed by atoms with Crippen LogP contribution in [0, 0.1) is 11.2 Å². The van der Waals surface area contributed by atoms with Crippen LogP contribution in [-0.4, -0.2) is 0 Å². The fraction of sp³-hybridized carbons (Fsp3) is 0.333. The molecular formula is C18H19BrFN. The van der Waals surface area contributed by atoms with E-state index >= 15 is 0 Å². The molecule has 0 amide bonds. The minimum absolute atomic E-state index is 0.155. The Labute approximate surface area is 133 Å². The van der Waals surface area contributed by atoms with E-state index in [9.17, 15) is 4.39 Å². The second kappa shape index (κ2) is 5.45. The molecule has 0 fully saturated rings. The Balaban J connectivity index is 1.99. The first-order valence-corrected chi connectivity index (χ1v) is 8.06. The third-order valence-corrected chi connectivity index (χ3v) is 5.07. The van der Waals surface area contributed by atoms with Gasteiger partial charge in [0, 0.05) is 10.2 Å². The molecule has 21 heavy (non-hydrogen) atoms. The number of nitrogens with one attached hydrogen (secondary N) is 1. The summed E-state index contributed by atoms with van der Waals surface area (Å²) in [7, 11) is 0. The summed E-state index contributed by atoms with van der Waals surface area (Å²) < 4.78 is 14.0. The number of benzene rings is 2. The quantitative estimate of drug-likeness (QED) is 0.733. The number of hydrogen-bond donors (Lipinski definition) is 1. The molecule has 1 aliphatic rings. The maximum atomic E-state index is 13.3. The van der Waals surface area contributed by atoms with Crippen LogP contribution in [0.3, 0.4) is 0 Å². The Hall–Kier alpha value is -1.35. The summed E-state index contributed by atoms with van der Waals surface area (Å²) >= 11 is 3.45.